The number of nitrogens with zero attached hydrogens (tertiary/aromatic N) is 2. The maximum absolute atomic E-state index is 13.2. The Morgan fingerprint density at radius 1 is 1.06 bits per heavy atom. The van der Waals surface area contributed by atoms with Crippen LogP contribution in [-0.2, 0) is 26.0 Å². The molecule has 2 aromatic carbocycles. The lowest BCUT2D eigenvalue weighted by Gasteiger charge is -2.31. The molecule has 0 saturated carbocycles. The highest BCUT2D eigenvalue weighted by Gasteiger charge is 2.33. The van der Waals surface area contributed by atoms with Crippen molar-refractivity contribution in [3.63, 3.8) is 0 Å². The lowest BCUT2D eigenvalue weighted by Crippen LogP contribution is -2.43. The van der Waals surface area contributed by atoms with Gasteiger partial charge in [0, 0.05) is 31.9 Å². The molecule has 0 aliphatic carbocycles. The number of ether oxygens (including phenoxy) is 1. The molecule has 0 spiro atoms. The van der Waals surface area contributed by atoms with Crippen LogP contribution in [0.1, 0.15) is 31.2 Å². The summed E-state index contributed by atoms with van der Waals surface area (Å²) in [6.45, 7) is 2.09. The number of halogens is 1. The predicted molar refractivity (Wildman–Crippen MR) is 134 cm³/mol. The Balaban J connectivity index is 1.36. The monoisotopic (exact) mass is 519 g/mol. The topological polar surface area (TPSA) is 96.0 Å². The molecule has 2 fully saturated rings. The van der Waals surface area contributed by atoms with Crippen LogP contribution in [0.4, 0.5) is 5.69 Å². The Morgan fingerprint density at radius 2 is 1.77 bits per heavy atom. The third kappa shape index (κ3) is 5.97. The summed E-state index contributed by atoms with van der Waals surface area (Å²) in [6, 6.07) is 11.6. The molecular formula is C25H30ClN3O5S. The van der Waals surface area contributed by atoms with Gasteiger partial charge in [0.15, 0.2) is 0 Å². The van der Waals surface area contributed by atoms with Crippen molar-refractivity contribution in [3.8, 4) is 5.75 Å². The molecule has 4 rings (SSSR count). The van der Waals surface area contributed by atoms with E-state index in [0.29, 0.717) is 37.2 Å². The highest BCUT2D eigenvalue weighted by atomic mass is 35.5. The van der Waals surface area contributed by atoms with Crippen LogP contribution < -0.4 is 10.1 Å². The molecule has 2 amide bonds. The van der Waals surface area contributed by atoms with Crippen LogP contribution in [0.5, 0.6) is 5.75 Å². The molecule has 2 aliphatic rings. The number of methoxy groups -OCH3 is 1. The molecule has 188 valence electrons. The zero-order valence-corrected chi connectivity index (χ0v) is 21.3. The largest absolute Gasteiger partial charge is 0.495 e. The minimum Gasteiger partial charge on any atom is -0.495 e. The van der Waals surface area contributed by atoms with Crippen molar-refractivity contribution >= 4 is 39.1 Å². The van der Waals surface area contributed by atoms with Crippen LogP contribution in [-0.4, -0.2) is 62.7 Å². The summed E-state index contributed by atoms with van der Waals surface area (Å²) in [4.78, 5) is 27.2. The van der Waals surface area contributed by atoms with E-state index in [-0.39, 0.29) is 28.3 Å². The van der Waals surface area contributed by atoms with Crippen LogP contribution in [0.2, 0.25) is 5.02 Å². The summed E-state index contributed by atoms with van der Waals surface area (Å²) in [5.74, 6) is -0.170. The van der Waals surface area contributed by atoms with Gasteiger partial charge in [0.25, 0.3) is 0 Å². The Kier molecular flexibility index (Phi) is 7.98. The van der Waals surface area contributed by atoms with E-state index >= 15 is 0 Å². The lowest BCUT2D eigenvalue weighted by molar-refractivity contribution is -0.129. The second-order valence-corrected chi connectivity index (χ2v) is 11.3. The SMILES string of the molecule is COc1ccc(S(=O)(=O)N2CCC[C@@H](C(=O)Nc3ccc(CC(=O)N4CCCC4)cc3)C2)cc1Cl. The minimum absolute atomic E-state index is 0.0726. The second-order valence-electron chi connectivity index (χ2n) is 8.95. The van der Waals surface area contributed by atoms with Gasteiger partial charge < -0.3 is 15.0 Å². The van der Waals surface area contributed by atoms with Gasteiger partial charge >= 0.3 is 0 Å². The van der Waals surface area contributed by atoms with E-state index in [9.17, 15) is 18.0 Å². The molecule has 0 aromatic heterocycles. The second kappa shape index (κ2) is 11.0. The Hall–Kier alpha value is -2.62. The number of amides is 2. The van der Waals surface area contributed by atoms with Gasteiger partial charge in [-0.1, -0.05) is 23.7 Å². The number of carbonyl (C=O) groups excluding carboxylic acids is 2. The van der Waals surface area contributed by atoms with Gasteiger partial charge in [0.1, 0.15) is 5.75 Å². The predicted octanol–water partition coefficient (Wildman–Crippen LogP) is 3.55. The molecule has 10 heteroatoms. The smallest absolute Gasteiger partial charge is 0.243 e. The number of nitrogens with one attached hydrogen (secondary N) is 1. The summed E-state index contributed by atoms with van der Waals surface area (Å²) in [5.41, 5.74) is 1.52. The molecule has 35 heavy (non-hydrogen) atoms. The molecule has 2 aliphatic heterocycles. The number of hydrogen-bond acceptors (Lipinski definition) is 5. The highest BCUT2D eigenvalue weighted by molar-refractivity contribution is 7.89. The molecule has 1 atom stereocenters. The minimum atomic E-state index is -3.80. The van der Waals surface area contributed by atoms with E-state index in [4.69, 9.17) is 16.3 Å². The first kappa shape index (κ1) is 25.5. The molecule has 0 unspecified atom stereocenters. The average Bonchev–Trinajstić information content (AvgIpc) is 3.40. The average molecular weight is 520 g/mol. The number of likely N-dealkylation sites (tertiary alicyclic amines) is 1. The first-order valence-electron chi connectivity index (χ1n) is 11.8. The number of carbonyl (C=O) groups is 2. The quantitative estimate of drug-likeness (QED) is 0.603. The van der Waals surface area contributed by atoms with Crippen LogP contribution in [0.3, 0.4) is 0 Å². The molecule has 2 saturated heterocycles. The van der Waals surface area contributed by atoms with Gasteiger partial charge in [-0.25, -0.2) is 8.42 Å². The Morgan fingerprint density at radius 3 is 2.43 bits per heavy atom. The summed E-state index contributed by atoms with van der Waals surface area (Å²) in [7, 11) is -2.33. The van der Waals surface area contributed by atoms with Crippen molar-refractivity contribution in [3.05, 3.63) is 53.1 Å². The van der Waals surface area contributed by atoms with Gasteiger partial charge in [0.05, 0.1) is 29.4 Å². The lowest BCUT2D eigenvalue weighted by atomic mass is 9.98. The van der Waals surface area contributed by atoms with Crippen molar-refractivity contribution in [2.45, 2.75) is 37.0 Å². The van der Waals surface area contributed by atoms with E-state index in [1.807, 2.05) is 17.0 Å². The zero-order chi connectivity index (χ0) is 25.0. The summed E-state index contributed by atoms with van der Waals surface area (Å²) in [6.07, 6.45) is 3.65. The van der Waals surface area contributed by atoms with Crippen molar-refractivity contribution in [1.82, 2.24) is 9.21 Å². The summed E-state index contributed by atoms with van der Waals surface area (Å²) >= 11 is 6.12. The normalized spacial score (nSPS) is 18.9. The van der Waals surface area contributed by atoms with E-state index < -0.39 is 15.9 Å². The fraction of sp³-hybridized carbons (Fsp3) is 0.440. The Bertz CT molecular complexity index is 1180. The maximum atomic E-state index is 13.2. The van der Waals surface area contributed by atoms with Crippen molar-refractivity contribution in [1.29, 1.82) is 0 Å². The standard InChI is InChI=1S/C25H30ClN3O5S/c1-34-23-11-10-21(16-22(23)26)35(32,33)29-14-4-5-19(17-29)25(31)27-20-8-6-18(7-9-20)15-24(30)28-12-2-3-13-28/h6-11,16,19H,2-5,12-15,17H2,1H3,(H,27,31)/t19-/m1/s1. The number of piperidine rings is 1. The number of benzene rings is 2. The molecule has 1 N–H and O–H groups in total. The van der Waals surface area contributed by atoms with Crippen molar-refractivity contribution in [2.24, 2.45) is 5.92 Å². The van der Waals surface area contributed by atoms with E-state index in [0.717, 1.165) is 31.5 Å². The Labute approximate surface area is 211 Å². The molecule has 2 heterocycles. The third-order valence-electron chi connectivity index (χ3n) is 6.55. The van der Waals surface area contributed by atoms with E-state index in [1.54, 1.807) is 12.1 Å². The van der Waals surface area contributed by atoms with Gasteiger partial charge in [0.2, 0.25) is 21.8 Å². The number of rotatable bonds is 7. The van der Waals surface area contributed by atoms with E-state index in [2.05, 4.69) is 5.32 Å². The van der Waals surface area contributed by atoms with Gasteiger partial charge in [-0.3, -0.25) is 9.59 Å². The highest BCUT2D eigenvalue weighted by Crippen LogP contribution is 2.30. The third-order valence-corrected chi connectivity index (χ3v) is 8.71. The number of hydrogen-bond donors (Lipinski definition) is 1. The van der Waals surface area contributed by atoms with Crippen LogP contribution >= 0.6 is 11.6 Å². The zero-order valence-electron chi connectivity index (χ0n) is 19.7. The van der Waals surface area contributed by atoms with Gasteiger partial charge in [-0.15, -0.1) is 0 Å². The summed E-state index contributed by atoms with van der Waals surface area (Å²) in [5, 5.41) is 3.10. The van der Waals surface area contributed by atoms with Gasteiger partial charge in [-0.05, 0) is 61.6 Å². The number of anilines is 1. The maximum Gasteiger partial charge on any atom is 0.243 e. The summed E-state index contributed by atoms with van der Waals surface area (Å²) < 4.78 is 32.7. The molecular weight excluding hydrogens is 490 g/mol. The molecule has 0 bridgehead atoms. The first-order valence-corrected chi connectivity index (χ1v) is 13.6. The number of sulfonamides is 1. The van der Waals surface area contributed by atoms with Crippen LogP contribution in [0, 0.1) is 5.92 Å². The first-order chi connectivity index (χ1) is 16.8. The molecule has 2 aromatic rings. The fourth-order valence-electron chi connectivity index (χ4n) is 4.53. The fourth-order valence-corrected chi connectivity index (χ4v) is 6.41. The van der Waals surface area contributed by atoms with Crippen LogP contribution in [0.15, 0.2) is 47.4 Å². The van der Waals surface area contributed by atoms with Gasteiger partial charge in [-0.2, -0.15) is 4.31 Å². The molecule has 0 radical (unpaired) electrons. The van der Waals surface area contributed by atoms with Crippen molar-refractivity contribution < 1.29 is 22.7 Å². The van der Waals surface area contributed by atoms with E-state index in [1.165, 1.54) is 29.6 Å². The van der Waals surface area contributed by atoms with Crippen LogP contribution in [0.25, 0.3) is 0 Å². The molecule has 8 nitrogen and oxygen atoms in total. The van der Waals surface area contributed by atoms with Crippen molar-refractivity contribution in [2.75, 3.05) is 38.6 Å².